The van der Waals surface area contributed by atoms with Crippen LogP contribution < -0.4 is 10.2 Å². The van der Waals surface area contributed by atoms with Crippen LogP contribution in [0.25, 0.3) is 22.6 Å². The first-order chi connectivity index (χ1) is 17.8. The highest BCUT2D eigenvalue weighted by molar-refractivity contribution is 6.07. The average Bonchev–Trinajstić information content (AvgIpc) is 3.30. The summed E-state index contributed by atoms with van der Waals surface area (Å²) in [5, 5.41) is 4.37. The van der Waals surface area contributed by atoms with Gasteiger partial charge in [-0.2, -0.15) is 5.10 Å². The van der Waals surface area contributed by atoms with Gasteiger partial charge in [-0.1, -0.05) is 26.3 Å². The second-order valence-corrected chi connectivity index (χ2v) is 10.6. The predicted molar refractivity (Wildman–Crippen MR) is 144 cm³/mol. The maximum absolute atomic E-state index is 12.3. The SMILES string of the molecule is CCC[C@H]1C(=O)NN=C(c2ccc3nc(-c4ccc(OCCN5CCOC(C)(C)C5)cc4)oc3c2)[C@@H]1C. The van der Waals surface area contributed by atoms with Crippen LogP contribution in [0.2, 0.25) is 0 Å². The van der Waals surface area contributed by atoms with E-state index < -0.39 is 0 Å². The molecular formula is C29H36N4O4. The Bertz CT molecular complexity index is 1280. The van der Waals surface area contributed by atoms with Crippen molar-refractivity contribution in [2.24, 2.45) is 16.9 Å². The van der Waals surface area contributed by atoms with E-state index in [1.54, 1.807) is 0 Å². The van der Waals surface area contributed by atoms with Gasteiger partial charge < -0.3 is 13.9 Å². The van der Waals surface area contributed by atoms with E-state index in [0.29, 0.717) is 18.1 Å². The number of ether oxygens (including phenoxy) is 2. The van der Waals surface area contributed by atoms with Gasteiger partial charge in [0.25, 0.3) is 0 Å². The summed E-state index contributed by atoms with van der Waals surface area (Å²) >= 11 is 0. The van der Waals surface area contributed by atoms with Crippen LogP contribution in [-0.2, 0) is 9.53 Å². The highest BCUT2D eigenvalue weighted by Gasteiger charge is 2.32. The lowest BCUT2D eigenvalue weighted by atomic mass is 9.82. The first-order valence-corrected chi connectivity index (χ1v) is 13.2. The molecule has 0 spiro atoms. The van der Waals surface area contributed by atoms with Crippen molar-refractivity contribution in [1.29, 1.82) is 0 Å². The van der Waals surface area contributed by atoms with Crippen LogP contribution in [0.4, 0.5) is 0 Å². The lowest BCUT2D eigenvalue weighted by Crippen LogP contribution is -2.49. The number of hydrazone groups is 1. The number of fused-ring (bicyclic) bond motifs is 1. The number of aromatic nitrogens is 1. The smallest absolute Gasteiger partial charge is 0.243 e. The van der Waals surface area contributed by atoms with Crippen LogP contribution in [0.1, 0.15) is 46.1 Å². The monoisotopic (exact) mass is 504 g/mol. The van der Waals surface area contributed by atoms with E-state index in [0.717, 1.165) is 67.2 Å². The Balaban J connectivity index is 1.24. The van der Waals surface area contributed by atoms with Gasteiger partial charge in [0.1, 0.15) is 17.9 Å². The number of nitrogens with zero attached hydrogens (tertiary/aromatic N) is 3. The Morgan fingerprint density at radius 1 is 1.16 bits per heavy atom. The van der Waals surface area contributed by atoms with Gasteiger partial charge >= 0.3 is 0 Å². The molecule has 0 unspecified atom stereocenters. The second-order valence-electron chi connectivity index (χ2n) is 10.6. The minimum Gasteiger partial charge on any atom is -0.492 e. The van der Waals surface area contributed by atoms with Gasteiger partial charge in [0.2, 0.25) is 11.8 Å². The predicted octanol–water partition coefficient (Wildman–Crippen LogP) is 4.87. The van der Waals surface area contributed by atoms with Gasteiger partial charge in [0.15, 0.2) is 5.58 Å². The summed E-state index contributed by atoms with van der Waals surface area (Å²) in [6.45, 7) is 12.5. The van der Waals surface area contributed by atoms with Gasteiger partial charge in [-0.25, -0.2) is 10.4 Å². The third-order valence-electron chi connectivity index (χ3n) is 7.22. The quantitative estimate of drug-likeness (QED) is 0.471. The molecule has 8 heteroatoms. The highest BCUT2D eigenvalue weighted by Crippen LogP contribution is 2.30. The molecule has 2 aliphatic rings. The molecule has 1 N–H and O–H groups in total. The number of morpholine rings is 1. The van der Waals surface area contributed by atoms with Gasteiger partial charge in [-0.15, -0.1) is 0 Å². The van der Waals surface area contributed by atoms with E-state index in [4.69, 9.17) is 13.9 Å². The summed E-state index contributed by atoms with van der Waals surface area (Å²) in [6.07, 6.45) is 1.79. The zero-order valence-electron chi connectivity index (χ0n) is 22.1. The van der Waals surface area contributed by atoms with E-state index in [-0.39, 0.29) is 23.3 Å². The number of hydrogen-bond donors (Lipinski definition) is 1. The van der Waals surface area contributed by atoms with E-state index in [2.05, 4.69) is 48.1 Å². The average molecular weight is 505 g/mol. The van der Waals surface area contributed by atoms with Crippen molar-refractivity contribution in [3.63, 3.8) is 0 Å². The molecule has 1 fully saturated rings. The summed E-state index contributed by atoms with van der Waals surface area (Å²) in [4.78, 5) is 19.3. The Labute approximate surface area is 218 Å². The third-order valence-corrected chi connectivity index (χ3v) is 7.22. The molecule has 1 aromatic heterocycles. The number of rotatable bonds is 8. The third kappa shape index (κ3) is 5.70. The topological polar surface area (TPSA) is 89.2 Å². The standard InChI is InChI=1S/C29H36N4O4/c1-5-6-23-19(2)26(31-32-27(23)34)21-9-12-24-25(17-21)37-28(30-24)20-7-10-22(11-8-20)35-15-13-33-14-16-36-29(3,4)18-33/h7-12,17,19,23H,5-6,13-16,18H2,1-4H3,(H,32,34)/t19-,23-/m1/s1. The molecule has 2 aliphatic heterocycles. The van der Waals surface area contributed by atoms with Crippen LogP contribution in [0.5, 0.6) is 5.75 Å². The Morgan fingerprint density at radius 3 is 2.70 bits per heavy atom. The maximum atomic E-state index is 12.3. The summed E-state index contributed by atoms with van der Waals surface area (Å²) < 4.78 is 17.9. The van der Waals surface area contributed by atoms with Gasteiger partial charge in [-0.05, 0) is 56.7 Å². The van der Waals surface area contributed by atoms with Crippen molar-refractivity contribution in [3.05, 3.63) is 48.0 Å². The Kier molecular flexibility index (Phi) is 7.31. The van der Waals surface area contributed by atoms with Crippen LogP contribution in [0, 0.1) is 11.8 Å². The number of amides is 1. The molecule has 0 bridgehead atoms. The second kappa shape index (κ2) is 10.6. The molecule has 2 atom stereocenters. The van der Waals surface area contributed by atoms with E-state index in [9.17, 15) is 4.79 Å². The molecule has 5 rings (SSSR count). The van der Waals surface area contributed by atoms with Gasteiger partial charge in [-0.3, -0.25) is 9.69 Å². The fourth-order valence-electron chi connectivity index (χ4n) is 5.24. The summed E-state index contributed by atoms with van der Waals surface area (Å²) in [7, 11) is 0. The van der Waals surface area contributed by atoms with Crippen LogP contribution in [0.15, 0.2) is 52.0 Å². The van der Waals surface area contributed by atoms with Crippen molar-refractivity contribution >= 4 is 22.7 Å². The van der Waals surface area contributed by atoms with Crippen molar-refractivity contribution < 1.29 is 18.7 Å². The van der Waals surface area contributed by atoms with Crippen molar-refractivity contribution in [2.45, 2.75) is 46.1 Å². The summed E-state index contributed by atoms with van der Waals surface area (Å²) in [5.41, 5.74) is 6.78. The van der Waals surface area contributed by atoms with Crippen LogP contribution in [0.3, 0.4) is 0 Å². The molecule has 3 aromatic rings. The minimum absolute atomic E-state index is 0.00130. The number of hydrogen-bond acceptors (Lipinski definition) is 7. The lowest BCUT2D eigenvalue weighted by molar-refractivity contribution is -0.126. The zero-order valence-corrected chi connectivity index (χ0v) is 22.1. The largest absolute Gasteiger partial charge is 0.492 e. The fraction of sp³-hybridized carbons (Fsp3) is 0.483. The van der Waals surface area contributed by atoms with E-state index >= 15 is 0 Å². The molecule has 3 heterocycles. The molecule has 0 saturated carbocycles. The maximum Gasteiger partial charge on any atom is 0.243 e. The minimum atomic E-state index is -0.101. The number of carbonyl (C=O) groups is 1. The Hall–Kier alpha value is -3.23. The molecule has 2 aromatic carbocycles. The number of carbonyl (C=O) groups excluding carboxylic acids is 1. The van der Waals surface area contributed by atoms with Crippen LogP contribution in [-0.4, -0.2) is 60.0 Å². The molecule has 1 saturated heterocycles. The molecule has 196 valence electrons. The van der Waals surface area contributed by atoms with Crippen LogP contribution >= 0.6 is 0 Å². The Morgan fingerprint density at radius 2 is 1.95 bits per heavy atom. The molecule has 0 radical (unpaired) electrons. The highest BCUT2D eigenvalue weighted by atomic mass is 16.5. The summed E-state index contributed by atoms with van der Waals surface area (Å²) in [5.74, 6) is 1.35. The van der Waals surface area contributed by atoms with Crippen molar-refractivity contribution in [2.75, 3.05) is 32.8 Å². The molecule has 37 heavy (non-hydrogen) atoms. The number of oxazole rings is 1. The number of nitrogens with one attached hydrogen (secondary N) is 1. The molecule has 8 nitrogen and oxygen atoms in total. The lowest BCUT2D eigenvalue weighted by Gasteiger charge is -2.38. The first kappa shape index (κ1) is 25.4. The first-order valence-electron chi connectivity index (χ1n) is 13.2. The summed E-state index contributed by atoms with van der Waals surface area (Å²) in [6, 6.07) is 13.8. The van der Waals surface area contributed by atoms with Crippen molar-refractivity contribution in [1.82, 2.24) is 15.3 Å². The molecule has 1 amide bonds. The number of benzene rings is 2. The van der Waals surface area contributed by atoms with E-state index in [1.807, 2.05) is 42.5 Å². The van der Waals surface area contributed by atoms with Crippen molar-refractivity contribution in [3.8, 4) is 17.2 Å². The van der Waals surface area contributed by atoms with Gasteiger partial charge in [0, 0.05) is 42.6 Å². The fourth-order valence-corrected chi connectivity index (χ4v) is 5.24. The normalized spacial score (nSPS) is 22.1. The van der Waals surface area contributed by atoms with Gasteiger partial charge in [0.05, 0.1) is 17.9 Å². The molecule has 0 aliphatic carbocycles. The molecular weight excluding hydrogens is 468 g/mol. The zero-order chi connectivity index (χ0) is 26.0. The van der Waals surface area contributed by atoms with E-state index in [1.165, 1.54) is 0 Å².